The SMILES string of the molecule is Cc1cc(N)ccc1NC(=O)CCN1C(=O)CCSC1=O. The van der Waals surface area contributed by atoms with Crippen molar-refractivity contribution in [3.05, 3.63) is 23.8 Å². The highest BCUT2D eigenvalue weighted by Gasteiger charge is 2.26. The minimum absolute atomic E-state index is 0.0852. The van der Waals surface area contributed by atoms with Crippen molar-refractivity contribution in [2.75, 3.05) is 23.3 Å². The molecule has 0 spiro atoms. The van der Waals surface area contributed by atoms with E-state index in [-0.39, 0.29) is 30.0 Å². The number of hydrogen-bond acceptors (Lipinski definition) is 5. The molecule has 0 unspecified atom stereocenters. The van der Waals surface area contributed by atoms with Crippen molar-refractivity contribution in [1.29, 1.82) is 0 Å². The zero-order chi connectivity index (χ0) is 15.4. The molecule has 0 atom stereocenters. The lowest BCUT2D eigenvalue weighted by Crippen LogP contribution is -2.39. The van der Waals surface area contributed by atoms with Gasteiger partial charge in [-0.15, -0.1) is 0 Å². The maximum atomic E-state index is 11.9. The number of anilines is 2. The molecule has 3 N–H and O–H groups in total. The van der Waals surface area contributed by atoms with Gasteiger partial charge < -0.3 is 11.1 Å². The van der Waals surface area contributed by atoms with Gasteiger partial charge in [0.25, 0.3) is 5.24 Å². The number of imide groups is 1. The van der Waals surface area contributed by atoms with Crippen LogP contribution in [0.25, 0.3) is 0 Å². The van der Waals surface area contributed by atoms with Gasteiger partial charge in [0.05, 0.1) is 0 Å². The van der Waals surface area contributed by atoms with Crippen LogP contribution in [0.15, 0.2) is 18.2 Å². The molecule has 1 aliphatic heterocycles. The summed E-state index contributed by atoms with van der Waals surface area (Å²) in [6, 6.07) is 5.20. The molecule has 7 heteroatoms. The number of hydrogen-bond donors (Lipinski definition) is 2. The minimum atomic E-state index is -0.275. The molecule has 1 fully saturated rings. The highest BCUT2D eigenvalue weighted by Crippen LogP contribution is 2.20. The van der Waals surface area contributed by atoms with Gasteiger partial charge in [-0.1, -0.05) is 11.8 Å². The van der Waals surface area contributed by atoms with E-state index in [1.165, 1.54) is 0 Å². The van der Waals surface area contributed by atoms with Crippen LogP contribution in [0.1, 0.15) is 18.4 Å². The molecule has 1 aliphatic rings. The number of aryl methyl sites for hydroxylation is 1. The van der Waals surface area contributed by atoms with Crippen LogP contribution in [-0.4, -0.2) is 34.3 Å². The number of benzene rings is 1. The standard InChI is InChI=1S/C14H17N3O3S/c1-9-8-10(15)2-3-11(9)16-12(18)4-6-17-13(19)5-7-21-14(17)20/h2-3,8H,4-7,15H2,1H3,(H,16,18). The Kier molecular flexibility index (Phi) is 4.85. The average molecular weight is 307 g/mol. The normalized spacial score (nSPS) is 15.2. The monoisotopic (exact) mass is 307 g/mol. The number of nitrogens with two attached hydrogens (primary N) is 1. The quantitative estimate of drug-likeness (QED) is 0.830. The predicted octanol–water partition coefficient (Wildman–Crippen LogP) is 1.99. The van der Waals surface area contributed by atoms with E-state index >= 15 is 0 Å². The molecular weight excluding hydrogens is 290 g/mol. The topological polar surface area (TPSA) is 92.5 Å². The molecule has 0 radical (unpaired) electrons. The Morgan fingerprint density at radius 2 is 2.19 bits per heavy atom. The summed E-state index contributed by atoms with van der Waals surface area (Å²) in [6.45, 7) is 1.96. The van der Waals surface area contributed by atoms with Crippen molar-refractivity contribution in [2.45, 2.75) is 19.8 Å². The Morgan fingerprint density at radius 1 is 1.43 bits per heavy atom. The molecule has 21 heavy (non-hydrogen) atoms. The van der Waals surface area contributed by atoms with Crippen molar-refractivity contribution in [3.8, 4) is 0 Å². The van der Waals surface area contributed by atoms with E-state index < -0.39 is 0 Å². The fourth-order valence-electron chi connectivity index (χ4n) is 2.01. The van der Waals surface area contributed by atoms with Crippen LogP contribution in [-0.2, 0) is 9.59 Å². The van der Waals surface area contributed by atoms with Gasteiger partial charge in [0.1, 0.15) is 0 Å². The Morgan fingerprint density at radius 3 is 2.86 bits per heavy atom. The van der Waals surface area contributed by atoms with E-state index in [2.05, 4.69) is 5.32 Å². The molecule has 1 saturated heterocycles. The van der Waals surface area contributed by atoms with Gasteiger partial charge in [-0.3, -0.25) is 19.3 Å². The predicted molar refractivity (Wildman–Crippen MR) is 83.0 cm³/mol. The highest BCUT2D eigenvalue weighted by atomic mass is 32.2. The fraction of sp³-hybridized carbons (Fsp3) is 0.357. The Hall–Kier alpha value is -2.02. The first-order valence-electron chi connectivity index (χ1n) is 6.60. The molecule has 112 valence electrons. The number of nitrogen functional groups attached to an aromatic ring is 1. The van der Waals surface area contributed by atoms with E-state index in [1.54, 1.807) is 18.2 Å². The summed E-state index contributed by atoms with van der Waals surface area (Å²) >= 11 is 1.11. The van der Waals surface area contributed by atoms with Crippen LogP contribution < -0.4 is 11.1 Å². The zero-order valence-electron chi connectivity index (χ0n) is 11.7. The summed E-state index contributed by atoms with van der Waals surface area (Å²) in [5, 5.41) is 2.48. The van der Waals surface area contributed by atoms with Crippen molar-refractivity contribution in [3.63, 3.8) is 0 Å². The molecule has 1 heterocycles. The molecule has 0 aromatic heterocycles. The highest BCUT2D eigenvalue weighted by molar-refractivity contribution is 8.13. The zero-order valence-corrected chi connectivity index (χ0v) is 12.5. The third-order valence-corrected chi connectivity index (χ3v) is 4.03. The fourth-order valence-corrected chi connectivity index (χ4v) is 2.81. The van der Waals surface area contributed by atoms with Crippen molar-refractivity contribution < 1.29 is 14.4 Å². The van der Waals surface area contributed by atoms with E-state index in [4.69, 9.17) is 5.73 Å². The number of carbonyl (C=O) groups excluding carboxylic acids is 3. The van der Waals surface area contributed by atoms with Gasteiger partial charge in [0.15, 0.2) is 0 Å². The van der Waals surface area contributed by atoms with Crippen molar-refractivity contribution in [1.82, 2.24) is 4.90 Å². The molecule has 0 aliphatic carbocycles. The second kappa shape index (κ2) is 6.62. The second-order valence-corrected chi connectivity index (χ2v) is 5.83. The van der Waals surface area contributed by atoms with Crippen LogP contribution in [0, 0.1) is 6.92 Å². The Bertz CT molecular complexity index is 573. The molecule has 0 saturated carbocycles. The van der Waals surface area contributed by atoms with E-state index in [1.807, 2.05) is 6.92 Å². The third kappa shape index (κ3) is 3.98. The molecule has 0 bridgehead atoms. The van der Waals surface area contributed by atoms with Gasteiger partial charge in [-0.25, -0.2) is 0 Å². The summed E-state index contributed by atoms with van der Waals surface area (Å²) in [4.78, 5) is 36.3. The second-order valence-electron chi connectivity index (χ2n) is 4.78. The number of amides is 3. The average Bonchev–Trinajstić information content (AvgIpc) is 2.41. The first-order chi connectivity index (χ1) is 9.97. The van der Waals surface area contributed by atoms with Crippen LogP contribution >= 0.6 is 11.8 Å². The number of nitrogens with zero attached hydrogens (tertiary/aromatic N) is 1. The van der Waals surface area contributed by atoms with Crippen molar-refractivity contribution in [2.24, 2.45) is 0 Å². The Labute approximate surface area is 127 Å². The largest absolute Gasteiger partial charge is 0.399 e. The number of thioether (sulfide) groups is 1. The van der Waals surface area contributed by atoms with Crippen LogP contribution in [0.4, 0.5) is 16.2 Å². The van der Waals surface area contributed by atoms with E-state index in [0.717, 1.165) is 22.2 Å². The lowest BCUT2D eigenvalue weighted by Gasteiger charge is -2.23. The van der Waals surface area contributed by atoms with Gasteiger partial charge >= 0.3 is 0 Å². The van der Waals surface area contributed by atoms with Gasteiger partial charge in [-0.2, -0.15) is 0 Å². The van der Waals surface area contributed by atoms with E-state index in [0.29, 0.717) is 23.5 Å². The minimum Gasteiger partial charge on any atom is -0.399 e. The third-order valence-electron chi connectivity index (χ3n) is 3.15. The summed E-state index contributed by atoms with van der Waals surface area (Å²) in [7, 11) is 0. The maximum absolute atomic E-state index is 11.9. The smallest absolute Gasteiger partial charge is 0.288 e. The first-order valence-corrected chi connectivity index (χ1v) is 7.59. The summed E-state index contributed by atoms with van der Waals surface area (Å²) < 4.78 is 0. The lowest BCUT2D eigenvalue weighted by atomic mass is 10.2. The van der Waals surface area contributed by atoms with Gasteiger partial charge in [0, 0.05) is 36.5 Å². The number of nitrogens with one attached hydrogen (secondary N) is 1. The van der Waals surface area contributed by atoms with Crippen molar-refractivity contribution >= 4 is 40.2 Å². The summed E-state index contributed by atoms with van der Waals surface area (Å²) in [5.74, 6) is 0.0691. The van der Waals surface area contributed by atoms with Gasteiger partial charge in [-0.05, 0) is 30.7 Å². The molecule has 1 aromatic rings. The number of rotatable bonds is 4. The Balaban J connectivity index is 1.90. The molecule has 2 rings (SSSR count). The van der Waals surface area contributed by atoms with Crippen LogP contribution in [0.5, 0.6) is 0 Å². The molecule has 1 aromatic carbocycles. The van der Waals surface area contributed by atoms with Crippen LogP contribution in [0.2, 0.25) is 0 Å². The summed E-state index contributed by atoms with van der Waals surface area (Å²) in [5.41, 5.74) is 7.83. The molecular formula is C14H17N3O3S. The van der Waals surface area contributed by atoms with Crippen LogP contribution in [0.3, 0.4) is 0 Å². The number of carbonyl (C=O) groups is 3. The maximum Gasteiger partial charge on any atom is 0.288 e. The molecule has 6 nitrogen and oxygen atoms in total. The lowest BCUT2D eigenvalue weighted by molar-refractivity contribution is -0.128. The summed E-state index contributed by atoms with van der Waals surface area (Å²) in [6.07, 6.45) is 0.428. The van der Waals surface area contributed by atoms with E-state index in [9.17, 15) is 14.4 Å². The van der Waals surface area contributed by atoms with Gasteiger partial charge in [0.2, 0.25) is 11.8 Å². The molecule has 3 amide bonds. The first kappa shape index (κ1) is 15.4.